The molecule has 0 radical (unpaired) electrons. The van der Waals surface area contributed by atoms with E-state index in [4.69, 9.17) is 23.4 Å². The van der Waals surface area contributed by atoms with Gasteiger partial charge in [0.05, 0.1) is 10.4 Å². The fourth-order valence-corrected chi connectivity index (χ4v) is 1.38. The average molecular weight is 206 g/mol. The Kier molecular flexibility index (Phi) is 3.13. The highest BCUT2D eigenvalue weighted by atomic mass is 32.1. The van der Waals surface area contributed by atoms with E-state index in [1.165, 1.54) is 0 Å². The summed E-state index contributed by atoms with van der Waals surface area (Å²) in [5.41, 5.74) is 0.489. The smallest absolute Gasteiger partial charge is 0.149 e. The van der Waals surface area contributed by atoms with Gasteiger partial charge in [0.15, 0.2) is 0 Å². The molecule has 1 aliphatic rings. The van der Waals surface area contributed by atoms with Crippen molar-refractivity contribution in [1.29, 1.82) is 0 Å². The number of hydrogen-bond donors (Lipinski definition) is 0. The first kappa shape index (κ1) is 11.0. The van der Waals surface area contributed by atoms with Crippen LogP contribution in [0.25, 0.3) is 0 Å². The third-order valence-corrected chi connectivity index (χ3v) is 2.00. The molecule has 0 atom stereocenters. The van der Waals surface area contributed by atoms with E-state index in [9.17, 15) is 0 Å². The van der Waals surface area contributed by atoms with Crippen molar-refractivity contribution in [3.63, 3.8) is 0 Å². The lowest BCUT2D eigenvalue weighted by Crippen LogP contribution is -2.23. The van der Waals surface area contributed by atoms with Crippen molar-refractivity contribution in [2.24, 2.45) is 0 Å². The summed E-state index contributed by atoms with van der Waals surface area (Å²) in [5, 5.41) is 0. The lowest BCUT2D eigenvalue weighted by Gasteiger charge is -2.25. The standard InChI is InChI=1S/C12H14OS/c1-5-9-7-6-8-10(14)11(9)13-12(2,3)4/h1,6-7H,8H2,2-4H3. The summed E-state index contributed by atoms with van der Waals surface area (Å²) in [6.07, 6.45) is 9.97. The molecule has 0 bridgehead atoms. The number of ether oxygens (including phenoxy) is 1. The van der Waals surface area contributed by atoms with Gasteiger partial charge in [0.1, 0.15) is 11.4 Å². The van der Waals surface area contributed by atoms with E-state index in [0.29, 0.717) is 5.76 Å². The first-order valence-corrected chi connectivity index (χ1v) is 4.94. The molecular weight excluding hydrogens is 192 g/mol. The highest BCUT2D eigenvalue weighted by Gasteiger charge is 2.20. The average Bonchev–Trinajstić information content (AvgIpc) is 2.06. The Hall–Kier alpha value is -1.07. The molecule has 0 saturated heterocycles. The molecular formula is C12H14OS. The molecule has 0 heterocycles. The Morgan fingerprint density at radius 1 is 1.50 bits per heavy atom. The third kappa shape index (κ3) is 2.71. The van der Waals surface area contributed by atoms with Crippen LogP contribution in [0.2, 0.25) is 0 Å². The molecule has 0 spiro atoms. The predicted molar refractivity (Wildman–Crippen MR) is 63.1 cm³/mol. The number of terminal acetylenes is 1. The van der Waals surface area contributed by atoms with Crippen LogP contribution in [0.1, 0.15) is 27.2 Å². The number of thiocarbonyl (C=S) groups is 1. The Labute approximate surface area is 90.8 Å². The van der Waals surface area contributed by atoms with Gasteiger partial charge in [-0.2, -0.15) is 0 Å². The predicted octanol–water partition coefficient (Wildman–Crippen LogP) is 3.02. The molecule has 0 saturated carbocycles. The third-order valence-electron chi connectivity index (χ3n) is 1.65. The molecule has 1 aliphatic carbocycles. The van der Waals surface area contributed by atoms with Crippen LogP contribution in [0.5, 0.6) is 0 Å². The molecule has 0 amide bonds. The highest BCUT2D eigenvalue weighted by molar-refractivity contribution is 7.80. The van der Waals surface area contributed by atoms with E-state index < -0.39 is 0 Å². The number of allylic oxidation sites excluding steroid dienone is 4. The van der Waals surface area contributed by atoms with Gasteiger partial charge in [0, 0.05) is 6.42 Å². The molecule has 74 valence electrons. The fourth-order valence-electron chi connectivity index (χ4n) is 1.13. The van der Waals surface area contributed by atoms with Gasteiger partial charge in [-0.15, -0.1) is 6.42 Å². The fraction of sp³-hybridized carbons (Fsp3) is 0.417. The minimum Gasteiger partial charge on any atom is -0.486 e. The monoisotopic (exact) mass is 206 g/mol. The van der Waals surface area contributed by atoms with Crippen molar-refractivity contribution in [1.82, 2.24) is 0 Å². The Morgan fingerprint density at radius 2 is 2.14 bits per heavy atom. The molecule has 0 aromatic carbocycles. The normalized spacial score (nSPS) is 16.9. The molecule has 0 aromatic heterocycles. The van der Waals surface area contributed by atoms with E-state index in [1.54, 1.807) is 0 Å². The zero-order valence-corrected chi connectivity index (χ0v) is 9.57. The van der Waals surface area contributed by atoms with Crippen molar-refractivity contribution >= 4 is 17.1 Å². The van der Waals surface area contributed by atoms with Gasteiger partial charge >= 0.3 is 0 Å². The zero-order valence-electron chi connectivity index (χ0n) is 8.76. The maximum absolute atomic E-state index is 5.74. The van der Waals surface area contributed by atoms with Gasteiger partial charge in [0.25, 0.3) is 0 Å². The topological polar surface area (TPSA) is 9.23 Å². The summed E-state index contributed by atoms with van der Waals surface area (Å²) in [5.74, 6) is 3.28. The van der Waals surface area contributed by atoms with Gasteiger partial charge in [-0.1, -0.05) is 24.2 Å². The summed E-state index contributed by atoms with van der Waals surface area (Å²) in [6.45, 7) is 5.94. The van der Waals surface area contributed by atoms with E-state index >= 15 is 0 Å². The van der Waals surface area contributed by atoms with Crippen LogP contribution in [0.4, 0.5) is 0 Å². The lowest BCUT2D eigenvalue weighted by atomic mass is 10.0. The van der Waals surface area contributed by atoms with Crippen LogP contribution < -0.4 is 0 Å². The van der Waals surface area contributed by atoms with E-state index in [2.05, 4.69) is 5.92 Å². The van der Waals surface area contributed by atoms with Gasteiger partial charge in [-0.05, 0) is 26.8 Å². The summed E-state index contributed by atoms with van der Waals surface area (Å²) < 4.78 is 5.74. The van der Waals surface area contributed by atoms with Gasteiger partial charge < -0.3 is 4.74 Å². The lowest BCUT2D eigenvalue weighted by molar-refractivity contribution is 0.0635. The summed E-state index contributed by atoms with van der Waals surface area (Å²) in [6, 6.07) is 0. The molecule has 1 nitrogen and oxygen atoms in total. The second-order valence-electron chi connectivity index (χ2n) is 4.13. The minimum absolute atomic E-state index is 0.257. The first-order chi connectivity index (χ1) is 6.44. The van der Waals surface area contributed by atoms with Crippen molar-refractivity contribution in [3.05, 3.63) is 23.5 Å². The van der Waals surface area contributed by atoms with Crippen molar-refractivity contribution in [3.8, 4) is 12.3 Å². The van der Waals surface area contributed by atoms with Crippen LogP contribution in [0.3, 0.4) is 0 Å². The largest absolute Gasteiger partial charge is 0.486 e. The van der Waals surface area contributed by atoms with Crippen LogP contribution in [0, 0.1) is 12.3 Å². The van der Waals surface area contributed by atoms with E-state index in [-0.39, 0.29) is 5.60 Å². The van der Waals surface area contributed by atoms with Crippen molar-refractivity contribution in [2.75, 3.05) is 0 Å². The highest BCUT2D eigenvalue weighted by Crippen LogP contribution is 2.23. The van der Waals surface area contributed by atoms with Gasteiger partial charge in [-0.3, -0.25) is 0 Å². The Bertz CT molecular complexity index is 347. The maximum atomic E-state index is 5.74. The van der Waals surface area contributed by atoms with Crippen molar-refractivity contribution < 1.29 is 4.74 Å². The number of rotatable bonds is 1. The summed E-state index contributed by atoms with van der Waals surface area (Å²) in [4.78, 5) is 0.787. The molecule has 0 unspecified atom stereocenters. The first-order valence-electron chi connectivity index (χ1n) is 4.53. The molecule has 0 aliphatic heterocycles. The van der Waals surface area contributed by atoms with E-state index in [1.807, 2.05) is 32.9 Å². The molecule has 14 heavy (non-hydrogen) atoms. The van der Waals surface area contributed by atoms with Crippen LogP contribution in [0.15, 0.2) is 23.5 Å². The SMILES string of the molecule is C#CC1=C(OC(C)(C)C)C(=S)CC=C1. The minimum atomic E-state index is -0.257. The Morgan fingerprint density at radius 3 is 2.64 bits per heavy atom. The summed E-state index contributed by atoms with van der Waals surface area (Å²) in [7, 11) is 0. The van der Waals surface area contributed by atoms with E-state index in [0.717, 1.165) is 16.9 Å². The van der Waals surface area contributed by atoms with Crippen LogP contribution in [-0.4, -0.2) is 10.5 Å². The molecule has 2 heteroatoms. The Balaban J connectivity index is 3.02. The number of hydrogen-bond acceptors (Lipinski definition) is 2. The molecule has 0 aromatic rings. The van der Waals surface area contributed by atoms with Gasteiger partial charge in [-0.25, -0.2) is 0 Å². The summed E-state index contributed by atoms with van der Waals surface area (Å²) >= 11 is 5.21. The molecule has 0 N–H and O–H groups in total. The maximum Gasteiger partial charge on any atom is 0.149 e. The second kappa shape index (κ2) is 3.98. The zero-order chi connectivity index (χ0) is 10.8. The van der Waals surface area contributed by atoms with Crippen molar-refractivity contribution in [2.45, 2.75) is 32.8 Å². The van der Waals surface area contributed by atoms with Crippen LogP contribution in [-0.2, 0) is 4.74 Å². The quantitative estimate of drug-likeness (QED) is 0.482. The second-order valence-corrected chi connectivity index (χ2v) is 4.62. The molecule has 0 fully saturated rings. The van der Waals surface area contributed by atoms with Crippen LogP contribution >= 0.6 is 12.2 Å². The molecule has 1 rings (SSSR count). The van der Waals surface area contributed by atoms with Gasteiger partial charge in [0.2, 0.25) is 0 Å².